The van der Waals surface area contributed by atoms with Crippen LogP contribution in [0.3, 0.4) is 0 Å². The lowest BCUT2D eigenvalue weighted by Gasteiger charge is -2.15. The van der Waals surface area contributed by atoms with Gasteiger partial charge in [-0.2, -0.15) is 0 Å². The number of rotatable bonds is 7. The van der Waals surface area contributed by atoms with Gasteiger partial charge in [-0.15, -0.1) is 0 Å². The molecule has 0 heterocycles. The fraction of sp³-hybridized carbons (Fsp3) is 0.385. The molecule has 0 bridgehead atoms. The lowest BCUT2D eigenvalue weighted by atomic mass is 10.1. The third-order valence-electron chi connectivity index (χ3n) is 2.59. The molecular formula is C13H18N2O3. The Bertz CT molecular complexity index is 392. The van der Waals surface area contributed by atoms with E-state index in [0.717, 1.165) is 5.56 Å². The zero-order chi connectivity index (χ0) is 13.4. The molecule has 98 valence electrons. The Hall–Kier alpha value is -1.88. The molecule has 5 heteroatoms. The summed E-state index contributed by atoms with van der Waals surface area (Å²) in [4.78, 5) is 22.1. The first-order valence-electron chi connectivity index (χ1n) is 5.84. The Kier molecular flexibility index (Phi) is 5.87. The minimum absolute atomic E-state index is 0.0620. The minimum Gasteiger partial charge on any atom is -0.481 e. The molecule has 18 heavy (non-hydrogen) atoms. The zero-order valence-corrected chi connectivity index (χ0v) is 10.3. The first kappa shape index (κ1) is 14.2. The van der Waals surface area contributed by atoms with Crippen LogP contribution in [0.4, 0.5) is 0 Å². The van der Waals surface area contributed by atoms with Gasteiger partial charge in [0.2, 0.25) is 5.91 Å². The lowest BCUT2D eigenvalue weighted by molar-refractivity contribution is -0.136. The van der Waals surface area contributed by atoms with Crippen molar-refractivity contribution in [1.82, 2.24) is 10.6 Å². The van der Waals surface area contributed by atoms with Crippen LogP contribution in [0.2, 0.25) is 0 Å². The number of hydrogen-bond donors (Lipinski definition) is 3. The van der Waals surface area contributed by atoms with E-state index in [2.05, 4.69) is 10.6 Å². The summed E-state index contributed by atoms with van der Waals surface area (Å²) in [7, 11) is 1.71. The smallest absolute Gasteiger partial charge is 0.305 e. The highest BCUT2D eigenvalue weighted by Crippen LogP contribution is 2.03. The van der Waals surface area contributed by atoms with Crippen molar-refractivity contribution in [3.8, 4) is 0 Å². The van der Waals surface area contributed by atoms with E-state index in [1.807, 2.05) is 30.3 Å². The highest BCUT2D eigenvalue weighted by Gasteiger charge is 2.16. The van der Waals surface area contributed by atoms with Crippen LogP contribution in [0, 0.1) is 0 Å². The van der Waals surface area contributed by atoms with E-state index < -0.39 is 5.97 Å². The number of carboxylic acids is 1. The quantitative estimate of drug-likeness (QED) is 0.655. The predicted molar refractivity (Wildman–Crippen MR) is 68.3 cm³/mol. The number of amides is 1. The maximum absolute atomic E-state index is 11.8. The fourth-order valence-electron chi connectivity index (χ4n) is 1.59. The van der Waals surface area contributed by atoms with Gasteiger partial charge in [-0.25, -0.2) is 0 Å². The first-order valence-corrected chi connectivity index (χ1v) is 5.84. The van der Waals surface area contributed by atoms with Crippen LogP contribution in [-0.4, -0.2) is 36.6 Å². The standard InChI is InChI=1S/C13H18N2O3/c1-14-11(9-10-5-3-2-4-6-10)13(18)15-8-7-12(16)17/h2-6,11,14H,7-9H2,1H3,(H,15,18)(H,16,17)/t11-/m0/s1. The van der Waals surface area contributed by atoms with Crippen molar-refractivity contribution in [2.75, 3.05) is 13.6 Å². The van der Waals surface area contributed by atoms with Gasteiger partial charge in [0, 0.05) is 6.54 Å². The summed E-state index contributed by atoms with van der Waals surface area (Å²) in [5.74, 6) is -1.10. The molecule has 0 aliphatic carbocycles. The summed E-state index contributed by atoms with van der Waals surface area (Å²) >= 11 is 0. The van der Waals surface area contributed by atoms with Crippen LogP contribution in [0.25, 0.3) is 0 Å². The molecule has 0 radical (unpaired) electrons. The van der Waals surface area contributed by atoms with E-state index in [9.17, 15) is 9.59 Å². The summed E-state index contributed by atoms with van der Waals surface area (Å²) in [6, 6.07) is 9.32. The Morgan fingerprint density at radius 3 is 2.50 bits per heavy atom. The molecule has 0 aliphatic heterocycles. The molecule has 1 aromatic carbocycles. The lowest BCUT2D eigenvalue weighted by Crippen LogP contribution is -2.44. The normalized spacial score (nSPS) is 11.8. The largest absolute Gasteiger partial charge is 0.481 e. The van der Waals surface area contributed by atoms with Gasteiger partial charge >= 0.3 is 5.97 Å². The number of aliphatic carboxylic acids is 1. The van der Waals surface area contributed by atoms with E-state index in [1.165, 1.54) is 0 Å². The predicted octanol–water partition coefficient (Wildman–Crippen LogP) is 0.408. The van der Waals surface area contributed by atoms with E-state index in [1.54, 1.807) is 7.05 Å². The summed E-state index contributed by atoms with van der Waals surface area (Å²) in [5, 5.41) is 14.0. The summed E-state index contributed by atoms with van der Waals surface area (Å²) in [6.07, 6.45) is 0.518. The second kappa shape index (κ2) is 7.45. The Morgan fingerprint density at radius 1 is 1.28 bits per heavy atom. The molecule has 0 aliphatic rings. The maximum Gasteiger partial charge on any atom is 0.305 e. The molecule has 1 atom stereocenters. The SMILES string of the molecule is CN[C@@H](Cc1ccccc1)C(=O)NCCC(=O)O. The van der Waals surface area contributed by atoms with Gasteiger partial charge < -0.3 is 15.7 Å². The van der Waals surface area contributed by atoms with Gasteiger partial charge in [-0.3, -0.25) is 9.59 Å². The first-order chi connectivity index (χ1) is 8.63. The van der Waals surface area contributed by atoms with Gasteiger partial charge in [0.1, 0.15) is 0 Å². The molecule has 0 spiro atoms. The zero-order valence-electron chi connectivity index (χ0n) is 10.3. The second-order valence-corrected chi connectivity index (χ2v) is 3.97. The minimum atomic E-state index is -0.917. The topological polar surface area (TPSA) is 78.4 Å². The maximum atomic E-state index is 11.8. The number of hydrogen-bond acceptors (Lipinski definition) is 3. The van der Waals surface area contributed by atoms with Crippen LogP contribution in [0.5, 0.6) is 0 Å². The number of nitrogens with one attached hydrogen (secondary N) is 2. The molecule has 1 amide bonds. The van der Waals surface area contributed by atoms with E-state index >= 15 is 0 Å². The third-order valence-corrected chi connectivity index (χ3v) is 2.59. The fourth-order valence-corrected chi connectivity index (χ4v) is 1.59. The average Bonchev–Trinajstić information content (AvgIpc) is 2.36. The summed E-state index contributed by atoms with van der Waals surface area (Å²) in [6.45, 7) is 0.154. The van der Waals surface area contributed by atoms with Crippen LogP contribution in [0.1, 0.15) is 12.0 Å². The van der Waals surface area contributed by atoms with E-state index in [4.69, 9.17) is 5.11 Å². The van der Waals surface area contributed by atoms with Gasteiger partial charge in [0.15, 0.2) is 0 Å². The summed E-state index contributed by atoms with van der Waals surface area (Å²) in [5.41, 5.74) is 1.06. The van der Waals surface area contributed by atoms with Crippen molar-refractivity contribution in [1.29, 1.82) is 0 Å². The molecule has 1 rings (SSSR count). The van der Waals surface area contributed by atoms with Crippen LogP contribution in [0.15, 0.2) is 30.3 Å². The molecular weight excluding hydrogens is 232 g/mol. The van der Waals surface area contributed by atoms with Crippen LogP contribution < -0.4 is 10.6 Å². The molecule has 0 aromatic heterocycles. The van der Waals surface area contributed by atoms with Gasteiger partial charge in [0.05, 0.1) is 12.5 Å². The molecule has 3 N–H and O–H groups in total. The molecule has 0 unspecified atom stereocenters. The highest BCUT2D eigenvalue weighted by molar-refractivity contribution is 5.82. The second-order valence-electron chi connectivity index (χ2n) is 3.97. The Morgan fingerprint density at radius 2 is 1.94 bits per heavy atom. The highest BCUT2D eigenvalue weighted by atomic mass is 16.4. The average molecular weight is 250 g/mol. The molecule has 0 fully saturated rings. The van der Waals surface area contributed by atoms with E-state index in [-0.39, 0.29) is 24.9 Å². The van der Waals surface area contributed by atoms with E-state index in [0.29, 0.717) is 6.42 Å². The monoisotopic (exact) mass is 250 g/mol. The Balaban J connectivity index is 2.45. The van der Waals surface area contributed by atoms with Gasteiger partial charge in [0.25, 0.3) is 0 Å². The van der Waals surface area contributed by atoms with Crippen molar-refractivity contribution in [3.63, 3.8) is 0 Å². The number of carboxylic acid groups (broad SMARTS) is 1. The number of likely N-dealkylation sites (N-methyl/N-ethyl adjacent to an activating group) is 1. The molecule has 5 nitrogen and oxygen atoms in total. The van der Waals surface area contributed by atoms with Crippen molar-refractivity contribution < 1.29 is 14.7 Å². The van der Waals surface area contributed by atoms with Crippen LogP contribution in [-0.2, 0) is 16.0 Å². The number of carbonyl (C=O) groups excluding carboxylic acids is 1. The number of benzene rings is 1. The van der Waals surface area contributed by atoms with Gasteiger partial charge in [-0.05, 0) is 19.0 Å². The third kappa shape index (κ3) is 4.97. The van der Waals surface area contributed by atoms with Crippen molar-refractivity contribution in [2.24, 2.45) is 0 Å². The molecule has 1 aromatic rings. The van der Waals surface area contributed by atoms with Crippen molar-refractivity contribution in [3.05, 3.63) is 35.9 Å². The molecule has 0 saturated carbocycles. The van der Waals surface area contributed by atoms with Gasteiger partial charge in [-0.1, -0.05) is 30.3 Å². The van der Waals surface area contributed by atoms with Crippen molar-refractivity contribution in [2.45, 2.75) is 18.9 Å². The van der Waals surface area contributed by atoms with Crippen molar-refractivity contribution >= 4 is 11.9 Å². The Labute approximate surface area is 106 Å². The molecule has 0 saturated heterocycles. The van der Waals surface area contributed by atoms with Crippen LogP contribution >= 0.6 is 0 Å². The number of carbonyl (C=O) groups is 2. The summed E-state index contributed by atoms with van der Waals surface area (Å²) < 4.78 is 0.